The Morgan fingerprint density at radius 3 is 2.78 bits per heavy atom. The van der Waals surface area contributed by atoms with Crippen LogP contribution in [0.3, 0.4) is 0 Å². The van der Waals surface area contributed by atoms with Gasteiger partial charge in [-0.1, -0.05) is 6.07 Å². The van der Waals surface area contributed by atoms with Gasteiger partial charge in [-0.05, 0) is 43.3 Å². The van der Waals surface area contributed by atoms with Crippen molar-refractivity contribution in [1.82, 2.24) is 0 Å². The van der Waals surface area contributed by atoms with Crippen LogP contribution in [0.2, 0.25) is 0 Å². The molecule has 1 N–H and O–H groups in total. The van der Waals surface area contributed by atoms with E-state index in [4.69, 9.17) is 14.7 Å². The van der Waals surface area contributed by atoms with E-state index in [0.29, 0.717) is 35.8 Å². The molecular weight excluding hydrogens is 292 g/mol. The summed E-state index contributed by atoms with van der Waals surface area (Å²) in [6.07, 6.45) is 0. The number of ether oxygens (including phenoxy) is 2. The highest BCUT2D eigenvalue weighted by molar-refractivity contribution is 6.04. The molecule has 0 heterocycles. The number of carbonyl (C=O) groups is 1. The molecule has 0 unspecified atom stereocenters. The Morgan fingerprint density at radius 1 is 1.26 bits per heavy atom. The normalized spacial score (nSPS) is 9.96. The third kappa shape index (κ3) is 4.31. The van der Waals surface area contributed by atoms with Crippen LogP contribution in [0.4, 0.5) is 5.69 Å². The Hall–Kier alpha value is -2.84. The highest BCUT2D eigenvalue weighted by atomic mass is 16.5. The number of anilines is 1. The number of benzene rings is 2. The minimum absolute atomic E-state index is 0.250. The summed E-state index contributed by atoms with van der Waals surface area (Å²) in [4.78, 5) is 12.4. The van der Waals surface area contributed by atoms with Gasteiger partial charge in [-0.2, -0.15) is 5.26 Å². The van der Waals surface area contributed by atoms with Gasteiger partial charge in [0.15, 0.2) is 0 Å². The molecule has 5 heteroatoms. The van der Waals surface area contributed by atoms with Crippen molar-refractivity contribution in [2.24, 2.45) is 0 Å². The third-order valence-corrected chi connectivity index (χ3v) is 3.25. The molecule has 0 aromatic heterocycles. The lowest BCUT2D eigenvalue weighted by atomic mass is 10.1. The second kappa shape index (κ2) is 7.97. The molecule has 23 heavy (non-hydrogen) atoms. The van der Waals surface area contributed by atoms with E-state index in [2.05, 4.69) is 5.32 Å². The van der Waals surface area contributed by atoms with Crippen molar-refractivity contribution in [2.75, 3.05) is 19.0 Å². The van der Waals surface area contributed by atoms with Crippen LogP contribution in [-0.4, -0.2) is 19.6 Å². The van der Waals surface area contributed by atoms with Crippen LogP contribution in [-0.2, 0) is 11.3 Å². The lowest BCUT2D eigenvalue weighted by Crippen LogP contribution is -2.12. The molecule has 2 rings (SSSR count). The predicted molar refractivity (Wildman–Crippen MR) is 87.4 cm³/mol. The topological polar surface area (TPSA) is 71.3 Å². The van der Waals surface area contributed by atoms with Crippen LogP contribution in [0, 0.1) is 11.3 Å². The van der Waals surface area contributed by atoms with E-state index in [0.717, 1.165) is 5.56 Å². The number of carbonyl (C=O) groups excluding carboxylic acids is 1. The van der Waals surface area contributed by atoms with Crippen LogP contribution < -0.4 is 10.1 Å². The third-order valence-electron chi connectivity index (χ3n) is 3.25. The number of nitrogens with zero attached hydrogens (tertiary/aromatic N) is 1. The summed E-state index contributed by atoms with van der Waals surface area (Å²) >= 11 is 0. The van der Waals surface area contributed by atoms with Gasteiger partial charge < -0.3 is 14.8 Å². The van der Waals surface area contributed by atoms with Gasteiger partial charge in [-0.3, -0.25) is 4.79 Å². The Morgan fingerprint density at radius 2 is 2.09 bits per heavy atom. The molecule has 0 aliphatic carbocycles. The van der Waals surface area contributed by atoms with Crippen molar-refractivity contribution in [3.05, 3.63) is 59.2 Å². The SMILES string of the molecule is CCOCc1cc(C(=O)Nc2cccc(C#N)c2)ccc1OC. The van der Waals surface area contributed by atoms with E-state index in [1.165, 1.54) is 0 Å². The summed E-state index contributed by atoms with van der Waals surface area (Å²) in [5.74, 6) is 0.432. The van der Waals surface area contributed by atoms with E-state index in [1.807, 2.05) is 13.0 Å². The predicted octanol–water partition coefficient (Wildman–Crippen LogP) is 3.36. The first kappa shape index (κ1) is 16.5. The van der Waals surface area contributed by atoms with Crippen molar-refractivity contribution >= 4 is 11.6 Å². The molecule has 0 radical (unpaired) electrons. The smallest absolute Gasteiger partial charge is 0.255 e. The minimum atomic E-state index is -0.250. The molecule has 0 fully saturated rings. The first-order chi connectivity index (χ1) is 11.2. The van der Waals surface area contributed by atoms with Crippen LogP contribution in [0.1, 0.15) is 28.4 Å². The zero-order chi connectivity index (χ0) is 16.7. The Balaban J connectivity index is 2.19. The Kier molecular flexibility index (Phi) is 5.73. The van der Waals surface area contributed by atoms with Crippen molar-refractivity contribution in [3.8, 4) is 11.8 Å². The van der Waals surface area contributed by atoms with Gasteiger partial charge >= 0.3 is 0 Å². The molecule has 0 saturated heterocycles. The van der Waals surface area contributed by atoms with E-state index >= 15 is 0 Å². The summed E-state index contributed by atoms with van der Waals surface area (Å²) in [6, 6.07) is 14.0. The van der Waals surface area contributed by atoms with Crippen LogP contribution >= 0.6 is 0 Å². The molecule has 0 saturated carbocycles. The zero-order valence-electron chi connectivity index (χ0n) is 13.1. The Bertz CT molecular complexity index is 735. The second-order valence-electron chi connectivity index (χ2n) is 4.81. The maximum Gasteiger partial charge on any atom is 0.255 e. The van der Waals surface area contributed by atoms with Crippen molar-refractivity contribution in [1.29, 1.82) is 5.26 Å². The molecule has 5 nitrogen and oxygen atoms in total. The van der Waals surface area contributed by atoms with Gasteiger partial charge in [0, 0.05) is 23.4 Å². The molecule has 118 valence electrons. The van der Waals surface area contributed by atoms with Crippen LogP contribution in [0.5, 0.6) is 5.75 Å². The fourth-order valence-corrected chi connectivity index (χ4v) is 2.11. The molecule has 0 atom stereocenters. The monoisotopic (exact) mass is 310 g/mol. The first-order valence-corrected chi connectivity index (χ1v) is 7.24. The van der Waals surface area contributed by atoms with Gasteiger partial charge in [0.1, 0.15) is 5.75 Å². The number of nitriles is 1. The van der Waals surface area contributed by atoms with Gasteiger partial charge in [0.2, 0.25) is 0 Å². The number of rotatable bonds is 6. The molecule has 0 aliphatic rings. The molecule has 2 aromatic rings. The van der Waals surface area contributed by atoms with E-state index in [1.54, 1.807) is 49.6 Å². The molecule has 1 amide bonds. The van der Waals surface area contributed by atoms with Crippen LogP contribution in [0.25, 0.3) is 0 Å². The lowest BCUT2D eigenvalue weighted by molar-refractivity contribution is 0.102. The summed E-state index contributed by atoms with van der Waals surface area (Å²) in [5, 5.41) is 11.7. The maximum absolute atomic E-state index is 12.4. The quantitative estimate of drug-likeness (QED) is 0.888. The fraction of sp³-hybridized carbons (Fsp3) is 0.222. The molecule has 0 aliphatic heterocycles. The largest absolute Gasteiger partial charge is 0.496 e. The first-order valence-electron chi connectivity index (χ1n) is 7.24. The number of nitrogens with one attached hydrogen (secondary N) is 1. The highest BCUT2D eigenvalue weighted by Gasteiger charge is 2.11. The minimum Gasteiger partial charge on any atom is -0.496 e. The van der Waals surface area contributed by atoms with E-state index in [9.17, 15) is 4.79 Å². The van der Waals surface area contributed by atoms with Crippen molar-refractivity contribution in [3.63, 3.8) is 0 Å². The summed E-state index contributed by atoms with van der Waals surface area (Å²) < 4.78 is 10.7. The molecule has 2 aromatic carbocycles. The van der Waals surface area contributed by atoms with Gasteiger partial charge in [0.05, 0.1) is 25.3 Å². The maximum atomic E-state index is 12.4. The molecule has 0 spiro atoms. The van der Waals surface area contributed by atoms with Crippen LogP contribution in [0.15, 0.2) is 42.5 Å². The number of amides is 1. The van der Waals surface area contributed by atoms with Crippen molar-refractivity contribution in [2.45, 2.75) is 13.5 Å². The standard InChI is InChI=1S/C18H18N2O3/c1-3-23-12-15-10-14(7-8-17(15)22-2)18(21)20-16-6-4-5-13(9-16)11-19/h4-10H,3,12H2,1-2H3,(H,20,21). The summed E-state index contributed by atoms with van der Waals surface area (Å²) in [5.41, 5.74) is 2.39. The zero-order valence-corrected chi connectivity index (χ0v) is 13.1. The number of hydrogen-bond acceptors (Lipinski definition) is 4. The summed E-state index contributed by atoms with van der Waals surface area (Å²) in [6.45, 7) is 2.87. The lowest BCUT2D eigenvalue weighted by Gasteiger charge is -2.11. The molecule has 0 bridgehead atoms. The average molecular weight is 310 g/mol. The van der Waals surface area contributed by atoms with E-state index in [-0.39, 0.29) is 5.91 Å². The number of hydrogen-bond donors (Lipinski definition) is 1. The summed E-state index contributed by atoms with van der Waals surface area (Å²) in [7, 11) is 1.58. The van der Waals surface area contributed by atoms with E-state index < -0.39 is 0 Å². The fourth-order valence-electron chi connectivity index (χ4n) is 2.11. The number of methoxy groups -OCH3 is 1. The average Bonchev–Trinajstić information content (AvgIpc) is 2.59. The van der Waals surface area contributed by atoms with Gasteiger partial charge in [-0.15, -0.1) is 0 Å². The second-order valence-corrected chi connectivity index (χ2v) is 4.81. The van der Waals surface area contributed by atoms with Gasteiger partial charge in [-0.25, -0.2) is 0 Å². The molecular formula is C18H18N2O3. The van der Waals surface area contributed by atoms with Crippen molar-refractivity contribution < 1.29 is 14.3 Å². The highest BCUT2D eigenvalue weighted by Crippen LogP contribution is 2.21. The van der Waals surface area contributed by atoms with Gasteiger partial charge in [0.25, 0.3) is 5.91 Å². The Labute approximate surface area is 135 Å².